The van der Waals surface area contributed by atoms with Crippen LogP contribution in [0.1, 0.15) is 30.6 Å². The van der Waals surface area contributed by atoms with E-state index in [4.69, 9.17) is 5.73 Å². The van der Waals surface area contributed by atoms with Crippen LogP contribution in [0.3, 0.4) is 0 Å². The largest absolute Gasteiger partial charge is 0.507 e. The van der Waals surface area contributed by atoms with E-state index in [0.29, 0.717) is 13.0 Å². The molecule has 0 heterocycles. The van der Waals surface area contributed by atoms with Crippen molar-refractivity contribution in [1.29, 1.82) is 0 Å². The predicted molar refractivity (Wildman–Crippen MR) is 67.8 cm³/mol. The van der Waals surface area contributed by atoms with Crippen molar-refractivity contribution in [2.45, 2.75) is 26.3 Å². The molecule has 0 aromatic heterocycles. The van der Waals surface area contributed by atoms with E-state index in [0.717, 1.165) is 12.1 Å². The van der Waals surface area contributed by atoms with Crippen molar-refractivity contribution in [2.75, 3.05) is 6.54 Å². The van der Waals surface area contributed by atoms with E-state index in [9.17, 15) is 14.3 Å². The van der Waals surface area contributed by atoms with E-state index < -0.39 is 11.7 Å². The normalized spacial score (nSPS) is 12.5. The van der Waals surface area contributed by atoms with Crippen molar-refractivity contribution in [3.05, 3.63) is 29.6 Å². The van der Waals surface area contributed by atoms with Crippen LogP contribution in [-0.4, -0.2) is 23.6 Å². The Labute approximate surface area is 106 Å². The number of aromatic hydroxyl groups is 1. The second-order valence-electron chi connectivity index (χ2n) is 4.56. The summed E-state index contributed by atoms with van der Waals surface area (Å²) in [6.07, 6.45) is 0.658. The minimum atomic E-state index is -0.577. The molecule has 0 spiro atoms. The Balaban J connectivity index is 2.80. The van der Waals surface area contributed by atoms with Crippen LogP contribution in [0.15, 0.2) is 18.2 Å². The Hall–Kier alpha value is -1.62. The minimum absolute atomic E-state index is 0.0630. The van der Waals surface area contributed by atoms with Gasteiger partial charge in [0.2, 0.25) is 0 Å². The first kappa shape index (κ1) is 14.4. The van der Waals surface area contributed by atoms with Crippen LogP contribution in [0.5, 0.6) is 5.75 Å². The number of phenolic OH excluding ortho intramolecular Hbond substituents is 1. The highest BCUT2D eigenvalue weighted by molar-refractivity contribution is 5.96. The van der Waals surface area contributed by atoms with Crippen LogP contribution in [0.2, 0.25) is 0 Å². The quantitative estimate of drug-likeness (QED) is 0.747. The number of carbonyl (C=O) groups is 1. The van der Waals surface area contributed by atoms with Gasteiger partial charge < -0.3 is 16.2 Å². The second kappa shape index (κ2) is 6.35. The first-order valence-electron chi connectivity index (χ1n) is 5.95. The topological polar surface area (TPSA) is 75.3 Å². The summed E-state index contributed by atoms with van der Waals surface area (Å²) < 4.78 is 12.8. The first-order chi connectivity index (χ1) is 8.45. The van der Waals surface area contributed by atoms with Gasteiger partial charge in [-0.3, -0.25) is 4.79 Å². The van der Waals surface area contributed by atoms with E-state index >= 15 is 0 Å². The smallest absolute Gasteiger partial charge is 0.255 e. The average Bonchev–Trinajstić information content (AvgIpc) is 2.27. The number of amides is 1. The van der Waals surface area contributed by atoms with E-state index in [1.54, 1.807) is 0 Å². The average molecular weight is 254 g/mol. The van der Waals surface area contributed by atoms with Gasteiger partial charge in [-0.25, -0.2) is 4.39 Å². The molecule has 0 saturated heterocycles. The maximum Gasteiger partial charge on any atom is 0.255 e. The van der Waals surface area contributed by atoms with E-state index in [1.165, 1.54) is 6.07 Å². The molecule has 4 N–H and O–H groups in total. The Morgan fingerprint density at radius 3 is 2.67 bits per heavy atom. The van der Waals surface area contributed by atoms with Gasteiger partial charge in [0.25, 0.3) is 5.91 Å². The van der Waals surface area contributed by atoms with Crippen molar-refractivity contribution >= 4 is 5.91 Å². The molecular formula is C13H19FN2O2. The summed E-state index contributed by atoms with van der Waals surface area (Å²) >= 11 is 0. The number of hydrogen-bond acceptors (Lipinski definition) is 3. The fourth-order valence-electron chi connectivity index (χ4n) is 1.69. The monoisotopic (exact) mass is 254 g/mol. The maximum absolute atomic E-state index is 12.8. The highest BCUT2D eigenvalue weighted by atomic mass is 19.1. The van der Waals surface area contributed by atoms with Gasteiger partial charge in [0.05, 0.1) is 5.56 Å². The van der Waals surface area contributed by atoms with Gasteiger partial charge in [-0.05, 0) is 31.0 Å². The number of rotatable bonds is 5. The molecule has 1 amide bonds. The lowest BCUT2D eigenvalue weighted by Crippen LogP contribution is -2.39. The highest BCUT2D eigenvalue weighted by Gasteiger charge is 2.18. The number of nitrogens with two attached hydrogens (primary N) is 1. The molecule has 0 radical (unpaired) electrons. The second-order valence-corrected chi connectivity index (χ2v) is 4.56. The lowest BCUT2D eigenvalue weighted by molar-refractivity contribution is 0.0921. The summed E-state index contributed by atoms with van der Waals surface area (Å²) in [6.45, 7) is 4.43. The van der Waals surface area contributed by atoms with E-state index in [1.807, 2.05) is 13.8 Å². The summed E-state index contributed by atoms with van der Waals surface area (Å²) in [5.74, 6) is -1.12. The summed E-state index contributed by atoms with van der Waals surface area (Å²) in [6, 6.07) is 3.26. The molecule has 1 atom stereocenters. The molecule has 4 nitrogen and oxygen atoms in total. The number of carbonyl (C=O) groups excluding carboxylic acids is 1. The van der Waals surface area contributed by atoms with Crippen LogP contribution in [0, 0.1) is 11.7 Å². The lowest BCUT2D eigenvalue weighted by Gasteiger charge is -2.22. The molecule has 0 aliphatic heterocycles. The number of halogens is 1. The Bertz CT molecular complexity index is 421. The zero-order valence-electron chi connectivity index (χ0n) is 10.6. The molecule has 18 heavy (non-hydrogen) atoms. The van der Waals surface area contributed by atoms with Crippen molar-refractivity contribution in [3.8, 4) is 5.75 Å². The summed E-state index contributed by atoms with van der Waals surface area (Å²) in [7, 11) is 0. The third kappa shape index (κ3) is 3.70. The molecule has 1 rings (SSSR count). The zero-order chi connectivity index (χ0) is 13.7. The van der Waals surface area contributed by atoms with Gasteiger partial charge in [-0.1, -0.05) is 13.8 Å². The van der Waals surface area contributed by atoms with Crippen LogP contribution < -0.4 is 11.1 Å². The molecular weight excluding hydrogens is 235 g/mol. The maximum atomic E-state index is 12.8. The van der Waals surface area contributed by atoms with Gasteiger partial charge >= 0.3 is 0 Å². The van der Waals surface area contributed by atoms with E-state index in [2.05, 4.69) is 5.32 Å². The molecule has 5 heteroatoms. The molecule has 0 saturated carbocycles. The highest BCUT2D eigenvalue weighted by Crippen LogP contribution is 2.18. The number of phenols is 1. The Kier molecular flexibility index (Phi) is 5.09. The summed E-state index contributed by atoms with van der Waals surface area (Å²) in [5.41, 5.74) is 5.55. The first-order valence-corrected chi connectivity index (χ1v) is 5.95. The molecule has 100 valence electrons. The number of hydrogen-bond donors (Lipinski definition) is 3. The van der Waals surface area contributed by atoms with Crippen molar-refractivity contribution in [2.24, 2.45) is 11.7 Å². The fraction of sp³-hybridized carbons (Fsp3) is 0.462. The summed E-state index contributed by atoms with van der Waals surface area (Å²) in [5, 5.41) is 12.3. The minimum Gasteiger partial charge on any atom is -0.507 e. The molecule has 1 aromatic carbocycles. The van der Waals surface area contributed by atoms with Crippen molar-refractivity contribution in [3.63, 3.8) is 0 Å². The van der Waals surface area contributed by atoms with Gasteiger partial charge in [0, 0.05) is 12.1 Å². The van der Waals surface area contributed by atoms with Gasteiger partial charge in [-0.15, -0.1) is 0 Å². The predicted octanol–water partition coefficient (Wildman–Crippen LogP) is 1.63. The molecule has 0 aliphatic carbocycles. The third-order valence-electron chi connectivity index (χ3n) is 2.80. The number of benzene rings is 1. The summed E-state index contributed by atoms with van der Waals surface area (Å²) in [4.78, 5) is 11.9. The fourth-order valence-corrected chi connectivity index (χ4v) is 1.69. The third-order valence-corrected chi connectivity index (χ3v) is 2.80. The molecule has 1 unspecified atom stereocenters. The van der Waals surface area contributed by atoms with Crippen LogP contribution in [0.4, 0.5) is 4.39 Å². The van der Waals surface area contributed by atoms with Gasteiger partial charge in [0.1, 0.15) is 11.6 Å². The van der Waals surface area contributed by atoms with Crippen molar-refractivity contribution < 1.29 is 14.3 Å². The van der Waals surface area contributed by atoms with Gasteiger partial charge in [0.15, 0.2) is 0 Å². The van der Waals surface area contributed by atoms with E-state index in [-0.39, 0.29) is 23.3 Å². The molecule has 0 fully saturated rings. The lowest BCUT2D eigenvalue weighted by atomic mass is 10.0. The molecule has 1 aromatic rings. The molecule has 0 aliphatic rings. The van der Waals surface area contributed by atoms with Crippen LogP contribution in [-0.2, 0) is 0 Å². The van der Waals surface area contributed by atoms with Gasteiger partial charge in [-0.2, -0.15) is 0 Å². The van der Waals surface area contributed by atoms with Crippen LogP contribution >= 0.6 is 0 Å². The van der Waals surface area contributed by atoms with Crippen molar-refractivity contribution in [1.82, 2.24) is 5.32 Å². The standard InChI is InChI=1S/C13H19FN2O2/c1-8(2)11(5-6-15)16-13(18)10-4-3-9(14)7-12(10)17/h3-4,7-8,11,17H,5-6,15H2,1-2H3,(H,16,18). The Morgan fingerprint density at radius 2 is 2.17 bits per heavy atom. The number of nitrogens with one attached hydrogen (secondary N) is 1. The van der Waals surface area contributed by atoms with Crippen LogP contribution in [0.25, 0.3) is 0 Å². The molecule has 0 bridgehead atoms. The Morgan fingerprint density at radius 1 is 1.50 bits per heavy atom. The zero-order valence-corrected chi connectivity index (χ0v) is 10.6. The SMILES string of the molecule is CC(C)C(CCN)NC(=O)c1ccc(F)cc1O.